The highest BCUT2D eigenvalue weighted by Crippen LogP contribution is 2.21. The van der Waals surface area contributed by atoms with Crippen molar-refractivity contribution in [2.45, 2.75) is 38.8 Å². The largest absolute Gasteiger partial charge is 0.305 e. The number of hydrogen-bond donors (Lipinski definition) is 1. The number of rotatable bonds is 4. The average Bonchev–Trinajstić information content (AvgIpc) is 3.05. The van der Waals surface area contributed by atoms with E-state index in [9.17, 15) is 4.79 Å². The molecule has 0 amide bonds. The molecule has 0 spiro atoms. The first-order valence-electron chi connectivity index (χ1n) is 5.64. The van der Waals surface area contributed by atoms with Gasteiger partial charge in [0.2, 0.25) is 0 Å². The second kappa shape index (κ2) is 4.56. The summed E-state index contributed by atoms with van der Waals surface area (Å²) in [6.45, 7) is 3.84. The molecule has 3 heteroatoms. The smallest absolute Gasteiger partial charge is 0.179 e. The molecule has 2 nitrogen and oxygen atoms in total. The van der Waals surface area contributed by atoms with Crippen molar-refractivity contribution in [1.82, 2.24) is 5.32 Å². The Bertz CT molecular complexity index is 412. The maximum absolute atomic E-state index is 12.1. The third kappa shape index (κ3) is 2.63. The van der Waals surface area contributed by atoms with Crippen molar-refractivity contribution in [1.29, 1.82) is 0 Å². The van der Waals surface area contributed by atoms with Crippen LogP contribution in [0.3, 0.4) is 0 Å². The third-order valence-corrected chi connectivity index (χ3v) is 3.32. The van der Waals surface area contributed by atoms with E-state index in [1.165, 1.54) is 12.8 Å². The normalized spacial score (nSPS) is 17.2. The number of carbonyl (C=O) groups is 1. The Kier molecular flexibility index (Phi) is 3.31. The molecule has 1 aliphatic carbocycles. The van der Waals surface area contributed by atoms with Crippen LogP contribution in [0.2, 0.25) is 5.02 Å². The summed E-state index contributed by atoms with van der Waals surface area (Å²) in [6.07, 6.45) is 2.38. The van der Waals surface area contributed by atoms with Crippen molar-refractivity contribution in [2.75, 3.05) is 0 Å². The molecule has 0 radical (unpaired) electrons. The molecule has 0 bridgehead atoms. The van der Waals surface area contributed by atoms with Gasteiger partial charge in [0.25, 0.3) is 0 Å². The standard InChI is InChI=1S/C13H16ClNO/c1-8-7-10(3-6-12(8)14)13(16)9(2)15-11-4-5-11/h3,6-7,9,11,15H,4-5H2,1-2H3. The van der Waals surface area contributed by atoms with Crippen LogP contribution < -0.4 is 5.32 Å². The van der Waals surface area contributed by atoms with E-state index in [4.69, 9.17) is 11.6 Å². The monoisotopic (exact) mass is 237 g/mol. The highest BCUT2D eigenvalue weighted by Gasteiger charge is 2.26. The average molecular weight is 238 g/mol. The Balaban J connectivity index is 2.09. The Hall–Kier alpha value is -0.860. The molecule has 1 fully saturated rings. The summed E-state index contributed by atoms with van der Waals surface area (Å²) in [5.74, 6) is 0.145. The summed E-state index contributed by atoms with van der Waals surface area (Å²) < 4.78 is 0. The molecule has 1 N–H and O–H groups in total. The van der Waals surface area contributed by atoms with Crippen molar-refractivity contribution in [3.05, 3.63) is 34.3 Å². The van der Waals surface area contributed by atoms with E-state index >= 15 is 0 Å². The fourth-order valence-corrected chi connectivity index (χ4v) is 1.84. The maximum atomic E-state index is 12.1. The van der Waals surface area contributed by atoms with Crippen LogP contribution in [-0.2, 0) is 0 Å². The number of halogens is 1. The molecule has 1 aromatic rings. The molecule has 1 aromatic carbocycles. The predicted molar refractivity (Wildman–Crippen MR) is 66.1 cm³/mol. The fourth-order valence-electron chi connectivity index (χ4n) is 1.73. The van der Waals surface area contributed by atoms with E-state index in [-0.39, 0.29) is 11.8 Å². The van der Waals surface area contributed by atoms with Gasteiger partial charge in [0, 0.05) is 16.6 Å². The zero-order chi connectivity index (χ0) is 11.7. The molecule has 0 aliphatic heterocycles. The summed E-state index contributed by atoms with van der Waals surface area (Å²) in [6, 6.07) is 5.88. The zero-order valence-corrected chi connectivity index (χ0v) is 10.3. The fraction of sp³-hybridized carbons (Fsp3) is 0.462. The second-order valence-electron chi connectivity index (χ2n) is 4.49. The second-order valence-corrected chi connectivity index (χ2v) is 4.90. The van der Waals surface area contributed by atoms with Crippen LogP contribution in [0.15, 0.2) is 18.2 Å². The van der Waals surface area contributed by atoms with Gasteiger partial charge in [-0.25, -0.2) is 0 Å². The van der Waals surface area contributed by atoms with E-state index in [2.05, 4.69) is 5.32 Å². The van der Waals surface area contributed by atoms with E-state index in [0.29, 0.717) is 11.1 Å². The topological polar surface area (TPSA) is 29.1 Å². The van der Waals surface area contributed by atoms with Crippen molar-refractivity contribution < 1.29 is 4.79 Å². The summed E-state index contributed by atoms with van der Waals surface area (Å²) in [5.41, 5.74) is 1.69. The number of ketones is 1. The van der Waals surface area contributed by atoms with E-state index < -0.39 is 0 Å². The van der Waals surface area contributed by atoms with Crippen molar-refractivity contribution >= 4 is 17.4 Å². The number of carbonyl (C=O) groups excluding carboxylic acids is 1. The summed E-state index contributed by atoms with van der Waals surface area (Å²) in [5, 5.41) is 4.01. The molecular formula is C13H16ClNO. The minimum absolute atomic E-state index is 0.104. The Labute approximate surface area is 101 Å². The van der Waals surface area contributed by atoms with Crippen LogP contribution in [0.1, 0.15) is 35.7 Å². The minimum atomic E-state index is -0.104. The Morgan fingerprint density at radius 1 is 1.50 bits per heavy atom. The van der Waals surface area contributed by atoms with Gasteiger partial charge in [-0.05, 0) is 50.5 Å². The third-order valence-electron chi connectivity index (χ3n) is 2.90. The minimum Gasteiger partial charge on any atom is -0.305 e. The highest BCUT2D eigenvalue weighted by molar-refractivity contribution is 6.31. The lowest BCUT2D eigenvalue weighted by atomic mass is 10.0. The Morgan fingerprint density at radius 3 is 2.75 bits per heavy atom. The SMILES string of the molecule is Cc1cc(C(=O)C(C)NC2CC2)ccc1Cl. The van der Waals surface area contributed by atoms with Crippen LogP contribution in [0, 0.1) is 6.92 Å². The Morgan fingerprint density at radius 2 is 2.19 bits per heavy atom. The molecule has 1 aliphatic rings. The first kappa shape index (κ1) is 11.6. The van der Waals surface area contributed by atoms with Crippen molar-refractivity contribution in [2.24, 2.45) is 0 Å². The molecule has 86 valence electrons. The van der Waals surface area contributed by atoms with Gasteiger partial charge in [-0.1, -0.05) is 11.6 Å². The van der Waals surface area contributed by atoms with Gasteiger partial charge in [0.15, 0.2) is 5.78 Å². The maximum Gasteiger partial charge on any atom is 0.179 e. The van der Waals surface area contributed by atoms with Crippen LogP contribution >= 0.6 is 11.6 Å². The first-order chi connectivity index (χ1) is 7.58. The molecule has 2 rings (SSSR count). The van der Waals surface area contributed by atoms with Gasteiger partial charge in [-0.3, -0.25) is 4.79 Å². The van der Waals surface area contributed by atoms with Gasteiger partial charge >= 0.3 is 0 Å². The number of Topliss-reactive ketones (excluding diaryl/α,β-unsaturated/α-hetero) is 1. The summed E-state index contributed by atoms with van der Waals surface area (Å²) >= 11 is 5.93. The van der Waals surface area contributed by atoms with Crippen LogP contribution in [0.25, 0.3) is 0 Å². The number of hydrogen-bond acceptors (Lipinski definition) is 2. The van der Waals surface area contributed by atoms with Gasteiger partial charge in [-0.15, -0.1) is 0 Å². The predicted octanol–water partition coefficient (Wildman–Crippen LogP) is 2.97. The quantitative estimate of drug-likeness (QED) is 0.816. The summed E-state index contributed by atoms with van der Waals surface area (Å²) in [4.78, 5) is 12.1. The first-order valence-corrected chi connectivity index (χ1v) is 6.02. The lowest BCUT2D eigenvalue weighted by Gasteiger charge is -2.12. The van der Waals surface area contributed by atoms with Gasteiger partial charge in [-0.2, -0.15) is 0 Å². The summed E-state index contributed by atoms with van der Waals surface area (Å²) in [7, 11) is 0. The lowest BCUT2D eigenvalue weighted by Crippen LogP contribution is -2.35. The van der Waals surface area contributed by atoms with E-state index in [1.54, 1.807) is 12.1 Å². The van der Waals surface area contributed by atoms with Crippen molar-refractivity contribution in [3.8, 4) is 0 Å². The van der Waals surface area contributed by atoms with Crippen LogP contribution in [0.4, 0.5) is 0 Å². The van der Waals surface area contributed by atoms with Crippen LogP contribution in [-0.4, -0.2) is 17.9 Å². The molecule has 1 atom stereocenters. The van der Waals surface area contributed by atoms with E-state index in [1.807, 2.05) is 19.9 Å². The molecule has 1 unspecified atom stereocenters. The highest BCUT2D eigenvalue weighted by atomic mass is 35.5. The van der Waals surface area contributed by atoms with Crippen LogP contribution in [0.5, 0.6) is 0 Å². The molecule has 16 heavy (non-hydrogen) atoms. The molecule has 0 aromatic heterocycles. The van der Waals surface area contributed by atoms with Gasteiger partial charge in [0.1, 0.15) is 0 Å². The van der Waals surface area contributed by atoms with E-state index in [0.717, 1.165) is 11.1 Å². The van der Waals surface area contributed by atoms with Crippen molar-refractivity contribution in [3.63, 3.8) is 0 Å². The molecule has 0 saturated heterocycles. The molecule has 0 heterocycles. The number of nitrogens with one attached hydrogen (secondary N) is 1. The van der Waals surface area contributed by atoms with Gasteiger partial charge < -0.3 is 5.32 Å². The molecular weight excluding hydrogens is 222 g/mol. The van der Waals surface area contributed by atoms with Gasteiger partial charge in [0.05, 0.1) is 6.04 Å². The lowest BCUT2D eigenvalue weighted by molar-refractivity contribution is 0.0950. The zero-order valence-electron chi connectivity index (χ0n) is 9.59. The number of benzene rings is 1. The molecule has 1 saturated carbocycles. The number of aryl methyl sites for hydroxylation is 1.